The lowest BCUT2D eigenvalue weighted by Crippen LogP contribution is -2.34. The fourth-order valence-electron chi connectivity index (χ4n) is 1.70. The second-order valence-corrected chi connectivity index (χ2v) is 4.14. The molecule has 1 saturated heterocycles. The van der Waals surface area contributed by atoms with Crippen LogP contribution in [0.2, 0.25) is 0 Å². The van der Waals surface area contributed by atoms with Crippen LogP contribution in [0.1, 0.15) is 12.8 Å². The van der Waals surface area contributed by atoms with Gasteiger partial charge in [-0.05, 0) is 19.9 Å². The van der Waals surface area contributed by atoms with Crippen molar-refractivity contribution in [1.29, 1.82) is 0 Å². The van der Waals surface area contributed by atoms with E-state index in [9.17, 15) is 0 Å². The molecule has 0 aliphatic carbocycles. The maximum absolute atomic E-state index is 5.53. The molecule has 0 saturated carbocycles. The summed E-state index contributed by atoms with van der Waals surface area (Å²) in [7, 11) is 3.86. The summed E-state index contributed by atoms with van der Waals surface area (Å²) >= 11 is 0. The molecule has 90 valence electrons. The maximum atomic E-state index is 5.53. The number of hydrogen-bond acceptors (Lipinski definition) is 4. The molecule has 0 aromatic rings. The topological polar surface area (TPSA) is 33.7 Å². The van der Waals surface area contributed by atoms with Crippen molar-refractivity contribution in [2.75, 3.05) is 53.6 Å². The van der Waals surface area contributed by atoms with Gasteiger partial charge in [0.1, 0.15) is 0 Å². The first-order valence-electron chi connectivity index (χ1n) is 5.82. The van der Waals surface area contributed by atoms with Gasteiger partial charge >= 0.3 is 0 Å². The maximum Gasteiger partial charge on any atom is 0.0700 e. The Morgan fingerprint density at radius 1 is 1.47 bits per heavy atom. The standard InChI is InChI=1S/C11H24N2O2/c1-13(7-9-14-2)6-5-12-10-11-4-3-8-15-11/h11-12H,3-10H2,1-2H3. The van der Waals surface area contributed by atoms with Crippen LogP contribution in [0.5, 0.6) is 0 Å². The molecular weight excluding hydrogens is 192 g/mol. The lowest BCUT2D eigenvalue weighted by atomic mass is 10.2. The Balaban J connectivity index is 1.87. The van der Waals surface area contributed by atoms with E-state index >= 15 is 0 Å². The second-order valence-electron chi connectivity index (χ2n) is 4.14. The van der Waals surface area contributed by atoms with Crippen LogP contribution in [-0.2, 0) is 9.47 Å². The predicted molar refractivity (Wildman–Crippen MR) is 61.2 cm³/mol. The summed E-state index contributed by atoms with van der Waals surface area (Å²) in [5.41, 5.74) is 0. The van der Waals surface area contributed by atoms with Crippen molar-refractivity contribution in [1.82, 2.24) is 10.2 Å². The van der Waals surface area contributed by atoms with Crippen molar-refractivity contribution in [2.24, 2.45) is 0 Å². The van der Waals surface area contributed by atoms with Crippen LogP contribution in [0.3, 0.4) is 0 Å². The second kappa shape index (κ2) is 8.05. The first kappa shape index (κ1) is 12.9. The first-order valence-corrected chi connectivity index (χ1v) is 5.82. The highest BCUT2D eigenvalue weighted by Gasteiger charge is 2.14. The third kappa shape index (κ3) is 6.10. The van der Waals surface area contributed by atoms with Gasteiger partial charge in [-0.15, -0.1) is 0 Å². The molecule has 0 amide bonds. The highest BCUT2D eigenvalue weighted by molar-refractivity contribution is 4.67. The fraction of sp³-hybridized carbons (Fsp3) is 1.00. The Morgan fingerprint density at radius 2 is 2.33 bits per heavy atom. The highest BCUT2D eigenvalue weighted by atomic mass is 16.5. The number of nitrogens with one attached hydrogen (secondary N) is 1. The Kier molecular flexibility index (Phi) is 6.92. The van der Waals surface area contributed by atoms with Gasteiger partial charge in [0.25, 0.3) is 0 Å². The van der Waals surface area contributed by atoms with E-state index < -0.39 is 0 Å². The van der Waals surface area contributed by atoms with Crippen LogP contribution in [0.25, 0.3) is 0 Å². The molecule has 0 radical (unpaired) electrons. The summed E-state index contributed by atoms with van der Waals surface area (Å²) in [6.45, 7) is 5.84. The van der Waals surface area contributed by atoms with Crippen molar-refractivity contribution in [3.63, 3.8) is 0 Å². The third-order valence-electron chi connectivity index (χ3n) is 2.74. The molecule has 0 bridgehead atoms. The Morgan fingerprint density at radius 3 is 3.00 bits per heavy atom. The van der Waals surface area contributed by atoms with Crippen LogP contribution < -0.4 is 5.32 Å². The molecular formula is C11H24N2O2. The van der Waals surface area contributed by atoms with E-state index in [-0.39, 0.29) is 0 Å². The number of likely N-dealkylation sites (N-methyl/N-ethyl adjacent to an activating group) is 1. The molecule has 0 spiro atoms. The Labute approximate surface area is 92.9 Å². The summed E-state index contributed by atoms with van der Waals surface area (Å²) in [6.07, 6.45) is 2.89. The monoisotopic (exact) mass is 216 g/mol. The first-order chi connectivity index (χ1) is 7.33. The van der Waals surface area contributed by atoms with Crippen molar-refractivity contribution in [3.8, 4) is 0 Å². The molecule has 1 aliphatic heterocycles. The van der Waals surface area contributed by atoms with Gasteiger partial charge in [0.2, 0.25) is 0 Å². The van der Waals surface area contributed by atoms with Gasteiger partial charge < -0.3 is 19.7 Å². The van der Waals surface area contributed by atoms with Crippen LogP contribution in [0.15, 0.2) is 0 Å². The number of hydrogen-bond donors (Lipinski definition) is 1. The zero-order valence-corrected chi connectivity index (χ0v) is 10.00. The number of ether oxygens (including phenoxy) is 2. The summed E-state index contributed by atoms with van der Waals surface area (Å²) in [5, 5.41) is 3.43. The van der Waals surface area contributed by atoms with Gasteiger partial charge in [0.15, 0.2) is 0 Å². The van der Waals surface area contributed by atoms with Gasteiger partial charge in [-0.3, -0.25) is 0 Å². The van der Waals surface area contributed by atoms with Crippen molar-refractivity contribution < 1.29 is 9.47 Å². The quantitative estimate of drug-likeness (QED) is 0.593. The Hall–Kier alpha value is -0.160. The lowest BCUT2D eigenvalue weighted by molar-refractivity contribution is 0.109. The van der Waals surface area contributed by atoms with E-state index in [0.717, 1.165) is 39.4 Å². The van der Waals surface area contributed by atoms with Crippen molar-refractivity contribution in [3.05, 3.63) is 0 Å². The van der Waals surface area contributed by atoms with Crippen LogP contribution >= 0.6 is 0 Å². The number of nitrogens with zero attached hydrogens (tertiary/aromatic N) is 1. The van der Waals surface area contributed by atoms with Gasteiger partial charge in [-0.1, -0.05) is 0 Å². The summed E-state index contributed by atoms with van der Waals surface area (Å²) in [4.78, 5) is 2.27. The molecule has 1 N–H and O–H groups in total. The summed E-state index contributed by atoms with van der Waals surface area (Å²) in [5.74, 6) is 0. The van der Waals surface area contributed by atoms with Gasteiger partial charge in [0, 0.05) is 39.9 Å². The molecule has 1 rings (SSSR count). The molecule has 4 nitrogen and oxygen atoms in total. The summed E-state index contributed by atoms with van der Waals surface area (Å²) < 4.78 is 10.5. The van der Waals surface area contributed by atoms with E-state index in [1.165, 1.54) is 12.8 Å². The third-order valence-corrected chi connectivity index (χ3v) is 2.74. The molecule has 4 heteroatoms. The largest absolute Gasteiger partial charge is 0.383 e. The van der Waals surface area contributed by atoms with Crippen LogP contribution in [0.4, 0.5) is 0 Å². The zero-order valence-electron chi connectivity index (χ0n) is 10.00. The molecule has 1 atom stereocenters. The average molecular weight is 216 g/mol. The lowest BCUT2D eigenvalue weighted by Gasteiger charge is -2.17. The average Bonchev–Trinajstić information content (AvgIpc) is 2.74. The van der Waals surface area contributed by atoms with Crippen molar-refractivity contribution in [2.45, 2.75) is 18.9 Å². The molecule has 1 heterocycles. The van der Waals surface area contributed by atoms with E-state index in [4.69, 9.17) is 9.47 Å². The minimum Gasteiger partial charge on any atom is -0.383 e. The van der Waals surface area contributed by atoms with Gasteiger partial charge in [-0.2, -0.15) is 0 Å². The zero-order chi connectivity index (χ0) is 10.9. The SMILES string of the molecule is COCCN(C)CCNCC1CCCO1. The Bertz CT molecular complexity index is 150. The fourth-order valence-corrected chi connectivity index (χ4v) is 1.70. The van der Waals surface area contributed by atoms with E-state index in [1.54, 1.807) is 7.11 Å². The molecule has 15 heavy (non-hydrogen) atoms. The number of methoxy groups -OCH3 is 1. The van der Waals surface area contributed by atoms with Gasteiger partial charge in [0.05, 0.1) is 12.7 Å². The molecule has 0 aromatic heterocycles. The molecule has 0 aromatic carbocycles. The van der Waals surface area contributed by atoms with E-state index in [0.29, 0.717) is 6.10 Å². The molecule has 1 fully saturated rings. The molecule has 1 aliphatic rings. The van der Waals surface area contributed by atoms with Crippen LogP contribution in [0, 0.1) is 0 Å². The minimum atomic E-state index is 0.453. The van der Waals surface area contributed by atoms with E-state index in [2.05, 4.69) is 17.3 Å². The van der Waals surface area contributed by atoms with Crippen molar-refractivity contribution >= 4 is 0 Å². The summed E-state index contributed by atoms with van der Waals surface area (Å²) in [6, 6.07) is 0. The van der Waals surface area contributed by atoms with Gasteiger partial charge in [-0.25, -0.2) is 0 Å². The molecule has 1 unspecified atom stereocenters. The highest BCUT2D eigenvalue weighted by Crippen LogP contribution is 2.10. The minimum absolute atomic E-state index is 0.453. The van der Waals surface area contributed by atoms with Crippen LogP contribution in [-0.4, -0.2) is 64.6 Å². The van der Waals surface area contributed by atoms with E-state index in [1.807, 2.05) is 0 Å². The predicted octanol–water partition coefficient (Wildman–Crippen LogP) is 0.333. The number of rotatable bonds is 8. The normalized spacial score (nSPS) is 21.4. The smallest absolute Gasteiger partial charge is 0.0700 e.